The van der Waals surface area contributed by atoms with E-state index in [0.717, 1.165) is 25.9 Å². The summed E-state index contributed by atoms with van der Waals surface area (Å²) in [7, 11) is 0. The van der Waals surface area contributed by atoms with Gasteiger partial charge in [0, 0.05) is 12.6 Å². The Morgan fingerprint density at radius 3 is 1.90 bits per heavy atom. The highest BCUT2D eigenvalue weighted by atomic mass is 16.5. The van der Waals surface area contributed by atoms with Gasteiger partial charge < -0.3 is 4.74 Å². The van der Waals surface area contributed by atoms with Gasteiger partial charge in [-0.1, -0.05) is 71.6 Å². The van der Waals surface area contributed by atoms with Crippen LogP contribution < -0.4 is 11.3 Å². The molecule has 0 saturated carbocycles. The van der Waals surface area contributed by atoms with Crippen LogP contribution in [0.25, 0.3) is 0 Å². The Kier molecular flexibility index (Phi) is 15.2. The molecule has 3 N–H and O–H groups in total. The number of nitrogens with two attached hydrogens (primary N) is 1. The number of unbranched alkanes of at least 4 members (excludes halogenated alkanes) is 7. The third kappa shape index (κ3) is 10.6. The van der Waals surface area contributed by atoms with Crippen LogP contribution in [0.5, 0.6) is 0 Å². The Hall–Kier alpha value is -0.120. The van der Waals surface area contributed by atoms with Gasteiger partial charge in [0.05, 0.1) is 6.10 Å². The lowest BCUT2D eigenvalue weighted by molar-refractivity contribution is 0.0252. The lowest BCUT2D eigenvalue weighted by Crippen LogP contribution is -2.45. The van der Waals surface area contributed by atoms with Gasteiger partial charge in [-0.3, -0.25) is 11.3 Å². The van der Waals surface area contributed by atoms with Crippen LogP contribution in [0.3, 0.4) is 0 Å². The van der Waals surface area contributed by atoms with E-state index in [9.17, 15) is 0 Å². The van der Waals surface area contributed by atoms with Crippen LogP contribution in [0.2, 0.25) is 0 Å². The second kappa shape index (κ2) is 15.3. The number of hydrogen-bond acceptors (Lipinski definition) is 3. The van der Waals surface area contributed by atoms with Gasteiger partial charge in [-0.25, -0.2) is 0 Å². The molecule has 2 atom stereocenters. The minimum atomic E-state index is 0.277. The summed E-state index contributed by atoms with van der Waals surface area (Å²) in [5.74, 6) is 5.70. The molecule has 0 radical (unpaired) electrons. The number of ether oxygens (including phenoxy) is 1. The van der Waals surface area contributed by atoms with Gasteiger partial charge in [0.15, 0.2) is 0 Å². The molecule has 0 heterocycles. The van der Waals surface area contributed by atoms with Gasteiger partial charge in [0.2, 0.25) is 0 Å². The fourth-order valence-electron chi connectivity index (χ4n) is 2.77. The molecule has 0 aromatic carbocycles. The van der Waals surface area contributed by atoms with Gasteiger partial charge in [0.25, 0.3) is 0 Å². The summed E-state index contributed by atoms with van der Waals surface area (Å²) < 4.78 is 5.82. The first kappa shape index (κ1) is 19.9. The van der Waals surface area contributed by atoms with E-state index in [1.807, 2.05) is 0 Å². The number of hydrogen-bond donors (Lipinski definition) is 2. The van der Waals surface area contributed by atoms with Crippen LogP contribution in [0.1, 0.15) is 91.4 Å². The predicted octanol–water partition coefficient (Wildman–Crippen LogP) is 4.55. The Labute approximate surface area is 127 Å². The molecular weight excluding hydrogens is 248 g/mol. The van der Waals surface area contributed by atoms with E-state index in [4.69, 9.17) is 10.6 Å². The third-order valence-electron chi connectivity index (χ3n) is 3.99. The van der Waals surface area contributed by atoms with Crippen molar-refractivity contribution < 1.29 is 4.74 Å². The van der Waals surface area contributed by atoms with Crippen molar-refractivity contribution >= 4 is 0 Å². The second-order valence-electron chi connectivity index (χ2n) is 5.82. The minimum absolute atomic E-state index is 0.277. The topological polar surface area (TPSA) is 47.3 Å². The van der Waals surface area contributed by atoms with Crippen LogP contribution in [0.4, 0.5) is 0 Å². The molecule has 0 aromatic heterocycles. The summed E-state index contributed by atoms with van der Waals surface area (Å²) >= 11 is 0. The van der Waals surface area contributed by atoms with Crippen LogP contribution in [0, 0.1) is 0 Å². The highest BCUT2D eigenvalue weighted by Crippen LogP contribution is 2.15. The van der Waals surface area contributed by atoms with Crippen LogP contribution >= 0.6 is 0 Å². The van der Waals surface area contributed by atoms with Gasteiger partial charge in [-0.2, -0.15) is 0 Å². The quantitative estimate of drug-likeness (QED) is 0.264. The van der Waals surface area contributed by atoms with Crippen molar-refractivity contribution in [3.63, 3.8) is 0 Å². The zero-order valence-electron chi connectivity index (χ0n) is 14.1. The predicted molar refractivity (Wildman–Crippen MR) is 88.7 cm³/mol. The number of hydrazine groups is 1. The van der Waals surface area contributed by atoms with E-state index < -0.39 is 0 Å². The van der Waals surface area contributed by atoms with Crippen molar-refractivity contribution in [3.8, 4) is 0 Å². The van der Waals surface area contributed by atoms with E-state index in [1.54, 1.807) is 0 Å². The van der Waals surface area contributed by atoms with Gasteiger partial charge in [-0.15, -0.1) is 0 Å². The monoisotopic (exact) mass is 286 g/mol. The average Bonchev–Trinajstić information content (AvgIpc) is 2.46. The highest BCUT2D eigenvalue weighted by molar-refractivity contribution is 4.75. The molecule has 122 valence electrons. The normalized spacial score (nSPS) is 14.4. The molecule has 0 aliphatic carbocycles. The number of nitrogens with one attached hydrogen (secondary N) is 1. The summed E-state index contributed by atoms with van der Waals surface area (Å²) in [6.07, 6.45) is 14.6. The van der Waals surface area contributed by atoms with E-state index in [0.29, 0.717) is 6.04 Å². The fourth-order valence-corrected chi connectivity index (χ4v) is 2.77. The lowest BCUT2D eigenvalue weighted by atomic mass is 9.99. The molecule has 0 rings (SSSR count). The maximum Gasteiger partial charge on any atom is 0.0741 e. The van der Waals surface area contributed by atoms with Gasteiger partial charge >= 0.3 is 0 Å². The summed E-state index contributed by atoms with van der Waals surface area (Å²) in [6.45, 7) is 7.31. The largest absolute Gasteiger partial charge is 0.377 e. The first-order valence-corrected chi connectivity index (χ1v) is 8.87. The van der Waals surface area contributed by atoms with E-state index in [-0.39, 0.29) is 6.10 Å². The van der Waals surface area contributed by atoms with Crippen molar-refractivity contribution in [2.24, 2.45) is 5.84 Å². The van der Waals surface area contributed by atoms with Crippen molar-refractivity contribution in [1.29, 1.82) is 0 Å². The molecular formula is C17H38N2O. The highest BCUT2D eigenvalue weighted by Gasteiger charge is 2.19. The van der Waals surface area contributed by atoms with E-state index in [2.05, 4.69) is 26.2 Å². The van der Waals surface area contributed by atoms with Crippen LogP contribution in [-0.2, 0) is 4.74 Å². The van der Waals surface area contributed by atoms with Crippen molar-refractivity contribution in [2.75, 3.05) is 6.61 Å². The molecule has 0 spiro atoms. The summed E-state index contributed by atoms with van der Waals surface area (Å²) in [5, 5.41) is 0. The van der Waals surface area contributed by atoms with Crippen molar-refractivity contribution in [3.05, 3.63) is 0 Å². The van der Waals surface area contributed by atoms with Gasteiger partial charge in [0.1, 0.15) is 0 Å². The molecule has 0 aromatic rings. The molecule has 3 nitrogen and oxygen atoms in total. The van der Waals surface area contributed by atoms with E-state index >= 15 is 0 Å². The standard InChI is InChI=1S/C17H38N2O/c1-4-7-8-9-10-11-12-13-15-16(19-18)17(14-5-2)20-6-3/h16-17,19H,4-15,18H2,1-3H3. The lowest BCUT2D eigenvalue weighted by Gasteiger charge is -2.26. The molecule has 3 heteroatoms. The summed E-state index contributed by atoms with van der Waals surface area (Å²) in [5.41, 5.74) is 2.97. The SMILES string of the molecule is CCCCCCCCCCC(NN)C(CCC)OCC. The smallest absolute Gasteiger partial charge is 0.0741 e. The molecule has 0 aliphatic heterocycles. The van der Waals surface area contributed by atoms with Crippen molar-refractivity contribution in [1.82, 2.24) is 5.43 Å². The van der Waals surface area contributed by atoms with Crippen LogP contribution in [-0.4, -0.2) is 18.8 Å². The second-order valence-corrected chi connectivity index (χ2v) is 5.82. The van der Waals surface area contributed by atoms with Crippen LogP contribution in [0.15, 0.2) is 0 Å². The number of rotatable bonds is 15. The summed E-state index contributed by atoms with van der Waals surface area (Å²) in [6, 6.07) is 0.315. The Balaban J connectivity index is 3.66. The zero-order chi connectivity index (χ0) is 15.1. The zero-order valence-corrected chi connectivity index (χ0v) is 14.1. The fraction of sp³-hybridized carbons (Fsp3) is 1.00. The van der Waals surface area contributed by atoms with Gasteiger partial charge in [-0.05, 0) is 19.8 Å². The maximum atomic E-state index is 5.82. The van der Waals surface area contributed by atoms with E-state index in [1.165, 1.54) is 51.4 Å². The molecule has 2 unspecified atom stereocenters. The Morgan fingerprint density at radius 1 is 0.800 bits per heavy atom. The molecule has 0 saturated heterocycles. The molecule has 0 aliphatic rings. The Morgan fingerprint density at radius 2 is 1.40 bits per heavy atom. The average molecular weight is 287 g/mol. The minimum Gasteiger partial charge on any atom is -0.377 e. The molecule has 0 fully saturated rings. The summed E-state index contributed by atoms with van der Waals surface area (Å²) in [4.78, 5) is 0. The molecule has 20 heavy (non-hydrogen) atoms. The first-order valence-electron chi connectivity index (χ1n) is 8.87. The Bertz CT molecular complexity index is 182. The first-order chi connectivity index (χ1) is 9.79. The maximum absolute atomic E-state index is 5.82. The van der Waals surface area contributed by atoms with Crippen molar-refractivity contribution in [2.45, 2.75) is 104 Å². The third-order valence-corrected chi connectivity index (χ3v) is 3.99. The molecule has 0 bridgehead atoms. The molecule has 0 amide bonds.